The molecular weight excluding hydrogens is 260 g/mol. The van der Waals surface area contributed by atoms with Gasteiger partial charge in [0.15, 0.2) is 0 Å². The molecule has 0 fully saturated rings. The van der Waals surface area contributed by atoms with E-state index in [9.17, 15) is 4.79 Å². The van der Waals surface area contributed by atoms with E-state index >= 15 is 0 Å². The molecule has 120 valence electrons. The predicted molar refractivity (Wildman–Crippen MR) is 78.9 cm³/mol. The van der Waals surface area contributed by atoms with Gasteiger partial charge < -0.3 is 24.8 Å². The van der Waals surface area contributed by atoms with Crippen LogP contribution in [-0.2, 0) is 19.0 Å². The molecule has 6 heteroatoms. The van der Waals surface area contributed by atoms with Crippen molar-refractivity contribution in [2.75, 3.05) is 59.8 Å². The number of hydrogen-bond donors (Lipinski definition) is 2. The van der Waals surface area contributed by atoms with Gasteiger partial charge in [0.25, 0.3) is 0 Å². The molecule has 6 nitrogen and oxygen atoms in total. The van der Waals surface area contributed by atoms with Gasteiger partial charge in [-0.05, 0) is 6.42 Å². The van der Waals surface area contributed by atoms with Gasteiger partial charge in [-0.15, -0.1) is 0 Å². The molecule has 1 amide bonds. The summed E-state index contributed by atoms with van der Waals surface area (Å²) >= 11 is 0. The van der Waals surface area contributed by atoms with E-state index in [0.717, 1.165) is 26.0 Å². The van der Waals surface area contributed by atoms with Gasteiger partial charge in [0.1, 0.15) is 0 Å². The molecule has 0 aliphatic heterocycles. The number of unbranched alkanes of at least 4 members (excludes halogenated alkanes) is 1. The lowest BCUT2D eigenvalue weighted by atomic mass is 10.4. The van der Waals surface area contributed by atoms with Crippen molar-refractivity contribution in [2.45, 2.75) is 26.2 Å². The summed E-state index contributed by atoms with van der Waals surface area (Å²) in [6.07, 6.45) is 2.76. The fraction of sp³-hybridized carbons (Fsp3) is 0.929. The van der Waals surface area contributed by atoms with Crippen LogP contribution in [0.3, 0.4) is 0 Å². The molecule has 0 aromatic rings. The molecule has 0 aromatic heterocycles. The highest BCUT2D eigenvalue weighted by molar-refractivity contribution is 5.75. The maximum absolute atomic E-state index is 10.9. The van der Waals surface area contributed by atoms with Crippen LogP contribution in [0, 0.1) is 0 Å². The van der Waals surface area contributed by atoms with Gasteiger partial charge in [0.2, 0.25) is 5.91 Å². The van der Waals surface area contributed by atoms with E-state index in [1.807, 2.05) is 0 Å². The maximum Gasteiger partial charge on any atom is 0.221 e. The van der Waals surface area contributed by atoms with E-state index in [-0.39, 0.29) is 5.91 Å². The number of nitrogens with one attached hydrogen (secondary N) is 2. The first-order chi connectivity index (χ1) is 9.81. The molecule has 0 heterocycles. The summed E-state index contributed by atoms with van der Waals surface area (Å²) in [6.45, 7) is 7.47. The molecule has 20 heavy (non-hydrogen) atoms. The van der Waals surface area contributed by atoms with Crippen molar-refractivity contribution in [1.29, 1.82) is 0 Å². The van der Waals surface area contributed by atoms with Gasteiger partial charge in [0, 0.05) is 33.2 Å². The van der Waals surface area contributed by atoms with E-state index < -0.39 is 0 Å². The summed E-state index contributed by atoms with van der Waals surface area (Å²) < 4.78 is 16.1. The third kappa shape index (κ3) is 15.4. The lowest BCUT2D eigenvalue weighted by Crippen LogP contribution is -2.27. The van der Waals surface area contributed by atoms with Crippen LogP contribution in [0.4, 0.5) is 0 Å². The van der Waals surface area contributed by atoms with Gasteiger partial charge in [-0.1, -0.05) is 13.3 Å². The molecule has 0 aromatic carbocycles. The number of amides is 1. The van der Waals surface area contributed by atoms with Crippen LogP contribution in [0.1, 0.15) is 26.2 Å². The van der Waals surface area contributed by atoms with Crippen molar-refractivity contribution >= 4 is 5.91 Å². The molecule has 0 atom stereocenters. The topological polar surface area (TPSA) is 68.8 Å². The van der Waals surface area contributed by atoms with Crippen molar-refractivity contribution in [3.05, 3.63) is 0 Å². The number of carbonyl (C=O) groups excluding carboxylic acids is 1. The minimum absolute atomic E-state index is 0.0491. The van der Waals surface area contributed by atoms with Gasteiger partial charge in [-0.2, -0.15) is 0 Å². The molecule has 0 saturated heterocycles. The Balaban J connectivity index is 2.97. The second-order valence-electron chi connectivity index (χ2n) is 4.36. The monoisotopic (exact) mass is 290 g/mol. The van der Waals surface area contributed by atoms with Gasteiger partial charge in [0.05, 0.1) is 33.0 Å². The Morgan fingerprint density at radius 2 is 1.50 bits per heavy atom. The zero-order valence-corrected chi connectivity index (χ0v) is 12.9. The zero-order valence-electron chi connectivity index (χ0n) is 12.9. The van der Waals surface area contributed by atoms with Crippen LogP contribution in [0.2, 0.25) is 0 Å². The molecule has 0 aliphatic rings. The van der Waals surface area contributed by atoms with Crippen LogP contribution >= 0.6 is 0 Å². The highest BCUT2D eigenvalue weighted by atomic mass is 16.5. The lowest BCUT2D eigenvalue weighted by molar-refractivity contribution is -0.120. The Kier molecular flexibility index (Phi) is 15.8. The van der Waals surface area contributed by atoms with E-state index in [1.54, 1.807) is 7.05 Å². The third-order valence-corrected chi connectivity index (χ3v) is 2.62. The summed E-state index contributed by atoms with van der Waals surface area (Å²) in [5.41, 5.74) is 0. The van der Waals surface area contributed by atoms with Crippen LogP contribution < -0.4 is 10.6 Å². The van der Waals surface area contributed by atoms with E-state index in [2.05, 4.69) is 17.6 Å². The number of rotatable bonds is 15. The zero-order chi connectivity index (χ0) is 14.9. The van der Waals surface area contributed by atoms with Gasteiger partial charge >= 0.3 is 0 Å². The summed E-state index contributed by atoms with van der Waals surface area (Å²) in [4.78, 5) is 10.9. The second-order valence-corrected chi connectivity index (χ2v) is 4.36. The second kappa shape index (κ2) is 16.4. The van der Waals surface area contributed by atoms with Crippen LogP contribution in [0.5, 0.6) is 0 Å². The largest absolute Gasteiger partial charge is 0.379 e. The first-order valence-electron chi connectivity index (χ1n) is 7.45. The first-order valence-corrected chi connectivity index (χ1v) is 7.45. The quantitative estimate of drug-likeness (QED) is 0.431. The molecule has 0 rings (SSSR count). The normalized spacial score (nSPS) is 10.7. The molecule has 0 saturated carbocycles. The summed E-state index contributed by atoms with van der Waals surface area (Å²) in [6, 6.07) is 0. The molecule has 0 unspecified atom stereocenters. The highest BCUT2D eigenvalue weighted by Crippen LogP contribution is 1.88. The fourth-order valence-corrected chi connectivity index (χ4v) is 1.38. The average molecular weight is 290 g/mol. The summed E-state index contributed by atoms with van der Waals surface area (Å²) in [5.74, 6) is 0.0491. The van der Waals surface area contributed by atoms with Crippen LogP contribution in [-0.4, -0.2) is 65.7 Å². The SMILES string of the molecule is CCCCOCCOCCOCCNCCC(=O)NC. The van der Waals surface area contributed by atoms with E-state index in [0.29, 0.717) is 46.0 Å². The van der Waals surface area contributed by atoms with Crippen molar-refractivity contribution in [1.82, 2.24) is 10.6 Å². The minimum atomic E-state index is 0.0491. The van der Waals surface area contributed by atoms with Crippen molar-refractivity contribution < 1.29 is 19.0 Å². The minimum Gasteiger partial charge on any atom is -0.379 e. The Labute approximate surface area is 122 Å². The molecule has 0 bridgehead atoms. The van der Waals surface area contributed by atoms with Crippen LogP contribution in [0.15, 0.2) is 0 Å². The van der Waals surface area contributed by atoms with E-state index in [4.69, 9.17) is 14.2 Å². The van der Waals surface area contributed by atoms with Gasteiger partial charge in [-0.3, -0.25) is 4.79 Å². The van der Waals surface area contributed by atoms with Crippen molar-refractivity contribution in [3.8, 4) is 0 Å². The molecular formula is C14H30N2O4. The highest BCUT2D eigenvalue weighted by Gasteiger charge is 1.96. The van der Waals surface area contributed by atoms with Crippen LogP contribution in [0.25, 0.3) is 0 Å². The van der Waals surface area contributed by atoms with Crippen molar-refractivity contribution in [3.63, 3.8) is 0 Å². The number of carbonyl (C=O) groups is 1. The average Bonchev–Trinajstić information content (AvgIpc) is 2.47. The summed E-state index contributed by atoms with van der Waals surface area (Å²) in [5, 5.41) is 5.71. The van der Waals surface area contributed by atoms with E-state index in [1.165, 1.54) is 0 Å². The Hall–Kier alpha value is -0.690. The Morgan fingerprint density at radius 1 is 0.900 bits per heavy atom. The standard InChI is InChI=1S/C14H30N2O4/c1-3-4-8-18-10-12-20-13-11-19-9-7-16-6-5-14(17)15-2/h16H,3-13H2,1-2H3,(H,15,17). The fourth-order valence-electron chi connectivity index (χ4n) is 1.38. The maximum atomic E-state index is 10.9. The van der Waals surface area contributed by atoms with Gasteiger partial charge in [-0.25, -0.2) is 0 Å². The Morgan fingerprint density at radius 3 is 2.10 bits per heavy atom. The predicted octanol–water partition coefficient (Wildman–Crippen LogP) is 0.562. The third-order valence-electron chi connectivity index (χ3n) is 2.62. The molecule has 0 spiro atoms. The van der Waals surface area contributed by atoms with Crippen molar-refractivity contribution in [2.24, 2.45) is 0 Å². The Bertz CT molecular complexity index is 215. The number of hydrogen-bond acceptors (Lipinski definition) is 5. The molecule has 2 N–H and O–H groups in total. The molecule has 0 radical (unpaired) electrons. The first kappa shape index (κ1) is 19.3. The summed E-state index contributed by atoms with van der Waals surface area (Å²) in [7, 11) is 1.64. The number of ether oxygens (including phenoxy) is 3. The smallest absolute Gasteiger partial charge is 0.221 e. The lowest BCUT2D eigenvalue weighted by Gasteiger charge is -2.07. The molecule has 0 aliphatic carbocycles.